The Kier molecular flexibility index (Phi) is 6.98. The Morgan fingerprint density at radius 1 is 1.35 bits per heavy atom. The standard InChI is InChI=1S/C11H18N4O4.ClH/c1-6(16)15-9(18)8(10(15)19-7(2)17)4-3-5-14-11(12)13;/h8,10H,3-5H2,1-2H3,(H4,12,13,14);1H. The van der Waals surface area contributed by atoms with E-state index < -0.39 is 24.0 Å². The number of ether oxygens (including phenoxy) is 1. The molecule has 0 aromatic carbocycles. The molecule has 1 rings (SSSR count). The van der Waals surface area contributed by atoms with Crippen molar-refractivity contribution in [3.8, 4) is 0 Å². The summed E-state index contributed by atoms with van der Waals surface area (Å²) in [7, 11) is 0. The van der Waals surface area contributed by atoms with Gasteiger partial charge < -0.3 is 16.2 Å². The Bertz CT molecular complexity index is 423. The van der Waals surface area contributed by atoms with Crippen molar-refractivity contribution in [2.24, 2.45) is 22.4 Å². The molecule has 2 amide bonds. The summed E-state index contributed by atoms with van der Waals surface area (Å²) < 4.78 is 4.98. The molecule has 0 aromatic rings. The summed E-state index contributed by atoms with van der Waals surface area (Å²) in [6, 6.07) is 0. The summed E-state index contributed by atoms with van der Waals surface area (Å²) >= 11 is 0. The highest BCUT2D eigenvalue weighted by Gasteiger charge is 2.51. The van der Waals surface area contributed by atoms with Gasteiger partial charge in [-0.2, -0.15) is 0 Å². The van der Waals surface area contributed by atoms with Gasteiger partial charge in [-0.05, 0) is 12.8 Å². The molecule has 0 aromatic heterocycles. The fraction of sp³-hybridized carbons (Fsp3) is 0.636. The van der Waals surface area contributed by atoms with Gasteiger partial charge in [0.2, 0.25) is 11.8 Å². The number of β-lactam (4-membered cyclic amide) rings is 1. The van der Waals surface area contributed by atoms with E-state index in [0.717, 1.165) is 4.90 Å². The number of hydrogen-bond donors (Lipinski definition) is 2. The zero-order valence-corrected chi connectivity index (χ0v) is 12.2. The lowest BCUT2D eigenvalue weighted by atomic mass is 9.90. The van der Waals surface area contributed by atoms with Gasteiger partial charge in [0.15, 0.2) is 12.2 Å². The topological polar surface area (TPSA) is 128 Å². The minimum absolute atomic E-state index is 0. The maximum absolute atomic E-state index is 11.8. The third kappa shape index (κ3) is 4.37. The van der Waals surface area contributed by atoms with E-state index in [-0.39, 0.29) is 24.3 Å². The lowest BCUT2D eigenvalue weighted by Crippen LogP contribution is -2.64. The average molecular weight is 307 g/mol. The van der Waals surface area contributed by atoms with Crippen LogP contribution < -0.4 is 11.5 Å². The van der Waals surface area contributed by atoms with Crippen LogP contribution in [-0.4, -0.2) is 41.4 Å². The molecule has 9 heteroatoms. The smallest absolute Gasteiger partial charge is 0.304 e. The van der Waals surface area contributed by atoms with Crippen molar-refractivity contribution in [3.63, 3.8) is 0 Å². The maximum atomic E-state index is 11.8. The molecule has 1 aliphatic heterocycles. The summed E-state index contributed by atoms with van der Waals surface area (Å²) in [5.41, 5.74) is 10.4. The Morgan fingerprint density at radius 3 is 2.40 bits per heavy atom. The van der Waals surface area contributed by atoms with Gasteiger partial charge in [0.1, 0.15) is 0 Å². The quantitative estimate of drug-likeness (QED) is 0.228. The normalized spacial score (nSPS) is 20.5. The number of aliphatic imine (C=N–C) groups is 1. The summed E-state index contributed by atoms with van der Waals surface area (Å²) in [5, 5.41) is 0. The molecule has 114 valence electrons. The van der Waals surface area contributed by atoms with Crippen LogP contribution in [0.2, 0.25) is 0 Å². The number of nitrogens with two attached hydrogens (primary N) is 2. The highest BCUT2D eigenvalue weighted by Crippen LogP contribution is 2.31. The summed E-state index contributed by atoms with van der Waals surface area (Å²) in [6.45, 7) is 2.88. The molecule has 0 radical (unpaired) electrons. The molecule has 0 spiro atoms. The van der Waals surface area contributed by atoms with Crippen molar-refractivity contribution in [1.82, 2.24) is 4.90 Å². The highest BCUT2D eigenvalue weighted by molar-refractivity contribution is 6.01. The second kappa shape index (κ2) is 7.68. The van der Waals surface area contributed by atoms with Crippen LogP contribution in [0.15, 0.2) is 4.99 Å². The third-order valence-electron chi connectivity index (χ3n) is 2.75. The molecule has 20 heavy (non-hydrogen) atoms. The number of halogens is 1. The molecule has 4 N–H and O–H groups in total. The number of carbonyl (C=O) groups excluding carboxylic acids is 3. The molecule has 1 heterocycles. The number of amides is 2. The molecule has 1 saturated heterocycles. The van der Waals surface area contributed by atoms with E-state index in [0.29, 0.717) is 19.4 Å². The Hall–Kier alpha value is -1.83. The zero-order chi connectivity index (χ0) is 14.6. The van der Waals surface area contributed by atoms with E-state index in [1.807, 2.05) is 0 Å². The molecular weight excluding hydrogens is 288 g/mol. The van der Waals surface area contributed by atoms with E-state index in [1.165, 1.54) is 13.8 Å². The molecule has 2 unspecified atom stereocenters. The van der Waals surface area contributed by atoms with E-state index >= 15 is 0 Å². The van der Waals surface area contributed by atoms with E-state index in [1.54, 1.807) is 0 Å². The number of imide groups is 1. The molecule has 1 fully saturated rings. The summed E-state index contributed by atoms with van der Waals surface area (Å²) in [5.74, 6) is -1.80. The first-order valence-electron chi connectivity index (χ1n) is 5.91. The number of likely N-dealkylation sites (tertiary alicyclic amines) is 1. The van der Waals surface area contributed by atoms with Gasteiger partial charge >= 0.3 is 5.97 Å². The van der Waals surface area contributed by atoms with Gasteiger partial charge in [-0.25, -0.2) is 4.90 Å². The Morgan fingerprint density at radius 2 is 1.95 bits per heavy atom. The van der Waals surface area contributed by atoms with Gasteiger partial charge in [-0.1, -0.05) is 0 Å². The first-order chi connectivity index (χ1) is 8.84. The SMILES string of the molecule is CC(=O)OC1C(CCCN=C(N)N)C(=O)N1C(C)=O.Cl. The molecule has 0 aliphatic carbocycles. The fourth-order valence-corrected chi connectivity index (χ4v) is 1.95. The number of esters is 1. The number of rotatable bonds is 5. The first-order valence-corrected chi connectivity index (χ1v) is 5.91. The predicted octanol–water partition coefficient (Wildman–Crippen LogP) is -0.644. The predicted molar refractivity (Wildman–Crippen MR) is 73.7 cm³/mol. The number of nitrogens with zero attached hydrogens (tertiary/aromatic N) is 2. The van der Waals surface area contributed by atoms with Gasteiger partial charge in [0.05, 0.1) is 5.92 Å². The largest absolute Gasteiger partial charge is 0.440 e. The average Bonchev–Trinajstić information content (AvgIpc) is 2.26. The lowest BCUT2D eigenvalue weighted by molar-refractivity contribution is -0.199. The van der Waals surface area contributed by atoms with Crippen LogP contribution in [0.25, 0.3) is 0 Å². The number of guanidine groups is 1. The van der Waals surface area contributed by atoms with Crippen molar-refractivity contribution in [3.05, 3.63) is 0 Å². The highest BCUT2D eigenvalue weighted by atomic mass is 35.5. The minimum Gasteiger partial charge on any atom is -0.440 e. The van der Waals surface area contributed by atoms with Gasteiger partial charge in [0.25, 0.3) is 0 Å². The van der Waals surface area contributed by atoms with Crippen molar-refractivity contribution < 1.29 is 19.1 Å². The summed E-state index contributed by atoms with van der Waals surface area (Å²) in [6.07, 6.45) is 0.219. The van der Waals surface area contributed by atoms with Gasteiger partial charge in [-0.3, -0.25) is 19.4 Å². The van der Waals surface area contributed by atoms with Crippen molar-refractivity contribution in [1.29, 1.82) is 0 Å². The molecule has 1 aliphatic rings. The van der Waals surface area contributed by atoms with Crippen molar-refractivity contribution in [2.45, 2.75) is 32.9 Å². The van der Waals surface area contributed by atoms with Crippen LogP contribution in [0.5, 0.6) is 0 Å². The van der Waals surface area contributed by atoms with Crippen LogP contribution in [0, 0.1) is 5.92 Å². The van der Waals surface area contributed by atoms with Crippen LogP contribution in [0.3, 0.4) is 0 Å². The minimum atomic E-state index is -0.804. The lowest BCUT2D eigenvalue weighted by Gasteiger charge is -2.43. The van der Waals surface area contributed by atoms with Crippen molar-refractivity contribution >= 4 is 36.2 Å². The molecular formula is C11H19ClN4O4. The monoisotopic (exact) mass is 306 g/mol. The van der Waals surface area contributed by atoms with Crippen molar-refractivity contribution in [2.75, 3.05) is 6.54 Å². The van der Waals surface area contributed by atoms with E-state index in [4.69, 9.17) is 16.2 Å². The fourth-order valence-electron chi connectivity index (χ4n) is 1.95. The van der Waals surface area contributed by atoms with Crippen LogP contribution >= 0.6 is 12.4 Å². The van der Waals surface area contributed by atoms with E-state index in [9.17, 15) is 14.4 Å². The first kappa shape index (κ1) is 18.2. The third-order valence-corrected chi connectivity index (χ3v) is 2.75. The number of carbonyl (C=O) groups is 3. The Labute approximate surface area is 122 Å². The van der Waals surface area contributed by atoms with Gasteiger partial charge in [-0.15, -0.1) is 12.4 Å². The molecule has 2 atom stereocenters. The van der Waals surface area contributed by atoms with E-state index in [2.05, 4.69) is 4.99 Å². The molecule has 8 nitrogen and oxygen atoms in total. The maximum Gasteiger partial charge on any atom is 0.304 e. The Balaban J connectivity index is 0.00000361. The van der Waals surface area contributed by atoms with Crippen LogP contribution in [0.1, 0.15) is 26.7 Å². The summed E-state index contributed by atoms with van der Waals surface area (Å²) in [4.78, 5) is 38.7. The van der Waals surface area contributed by atoms with Crippen LogP contribution in [-0.2, 0) is 19.1 Å². The second-order valence-corrected chi connectivity index (χ2v) is 4.28. The molecule has 0 saturated carbocycles. The van der Waals surface area contributed by atoms with Gasteiger partial charge in [0, 0.05) is 20.4 Å². The number of hydrogen-bond acceptors (Lipinski definition) is 5. The molecule has 0 bridgehead atoms. The zero-order valence-electron chi connectivity index (χ0n) is 11.4. The van der Waals surface area contributed by atoms with Crippen LogP contribution in [0.4, 0.5) is 0 Å². The second-order valence-electron chi connectivity index (χ2n) is 4.28.